The molecule has 1 unspecified atom stereocenters. The van der Waals surface area contributed by atoms with E-state index in [4.69, 9.17) is 4.74 Å². The molecular weight excluding hydrogens is 488 g/mol. The van der Waals surface area contributed by atoms with Gasteiger partial charge in [-0.05, 0) is 55.5 Å². The summed E-state index contributed by atoms with van der Waals surface area (Å²) >= 11 is 0. The summed E-state index contributed by atoms with van der Waals surface area (Å²) in [6, 6.07) is 22.9. The first-order valence-electron chi connectivity index (χ1n) is 12.0. The number of aromatic nitrogens is 1. The molecule has 2 heterocycles. The molecule has 5 rings (SSSR count). The number of hydrogen-bond donors (Lipinski definition) is 1. The van der Waals surface area contributed by atoms with E-state index in [1.165, 1.54) is 12.1 Å². The number of carbonyl (C=O) groups is 1. The van der Waals surface area contributed by atoms with Crippen molar-refractivity contribution in [3.05, 3.63) is 90.6 Å². The third kappa shape index (κ3) is 4.95. The van der Waals surface area contributed by atoms with Gasteiger partial charge in [-0.3, -0.25) is 14.5 Å². The highest BCUT2D eigenvalue weighted by Gasteiger charge is 2.29. The van der Waals surface area contributed by atoms with E-state index >= 15 is 0 Å². The zero-order chi connectivity index (χ0) is 26.0. The van der Waals surface area contributed by atoms with E-state index in [1.807, 2.05) is 48.2 Å². The van der Waals surface area contributed by atoms with Gasteiger partial charge < -0.3 is 14.5 Å². The molecule has 0 radical (unpaired) electrons. The Morgan fingerprint density at radius 2 is 1.73 bits per heavy atom. The number of carbonyl (C=O) groups excluding carboxylic acids is 1. The molecule has 1 aliphatic rings. The number of hydrogen-bond acceptors (Lipinski definition) is 6. The molecule has 1 atom stereocenters. The number of piperazine rings is 1. The average Bonchev–Trinajstić information content (AvgIpc) is 2.93. The number of ether oxygens (including phenoxy) is 1. The predicted octanol–water partition coefficient (Wildman–Crippen LogP) is 4.40. The van der Waals surface area contributed by atoms with Gasteiger partial charge in [0, 0.05) is 42.8 Å². The van der Waals surface area contributed by atoms with Gasteiger partial charge in [-0.1, -0.05) is 30.3 Å². The van der Waals surface area contributed by atoms with E-state index < -0.39 is 10.0 Å². The summed E-state index contributed by atoms with van der Waals surface area (Å²) in [6.45, 7) is 3.90. The molecule has 1 aromatic heterocycles. The van der Waals surface area contributed by atoms with Gasteiger partial charge in [0.05, 0.1) is 28.9 Å². The SMILES string of the molecule is COc1ccccc1N1CCN(C(=O)c2ccc(S(=O)(=O)Nc3cccc4cccnc34)cc2)C(C)C1. The average molecular weight is 517 g/mol. The molecule has 0 saturated carbocycles. The molecule has 190 valence electrons. The quantitative estimate of drug-likeness (QED) is 0.409. The van der Waals surface area contributed by atoms with Crippen LogP contribution in [0.5, 0.6) is 5.75 Å². The second kappa shape index (κ2) is 10.1. The van der Waals surface area contributed by atoms with Crippen molar-refractivity contribution in [1.29, 1.82) is 0 Å². The third-order valence-electron chi connectivity index (χ3n) is 6.60. The maximum Gasteiger partial charge on any atom is 0.261 e. The molecule has 0 bridgehead atoms. The molecule has 37 heavy (non-hydrogen) atoms. The van der Waals surface area contributed by atoms with Crippen molar-refractivity contribution >= 4 is 38.2 Å². The standard InChI is InChI=1S/C28H28N4O4S/c1-20-19-31(25-10-3-4-11-26(25)36-2)17-18-32(20)28(33)22-12-14-23(15-13-22)37(34,35)30-24-9-5-7-21-8-6-16-29-27(21)24/h3-16,20,30H,17-19H2,1-2H3. The van der Waals surface area contributed by atoms with Crippen LogP contribution in [0.25, 0.3) is 10.9 Å². The lowest BCUT2D eigenvalue weighted by atomic mass is 10.1. The second-order valence-corrected chi connectivity index (χ2v) is 10.7. The Bertz CT molecular complexity index is 1530. The minimum atomic E-state index is -3.86. The Hall–Kier alpha value is -4.11. The number of nitrogens with zero attached hydrogens (tertiary/aromatic N) is 3. The number of nitrogens with one attached hydrogen (secondary N) is 1. The highest BCUT2D eigenvalue weighted by Crippen LogP contribution is 2.30. The maximum absolute atomic E-state index is 13.3. The molecule has 8 nitrogen and oxygen atoms in total. The van der Waals surface area contributed by atoms with Gasteiger partial charge in [-0.2, -0.15) is 0 Å². The molecule has 1 N–H and O–H groups in total. The molecule has 1 aliphatic heterocycles. The number of amides is 1. The van der Waals surface area contributed by atoms with E-state index in [0.717, 1.165) is 16.8 Å². The van der Waals surface area contributed by atoms with Gasteiger partial charge in [0.25, 0.3) is 15.9 Å². The number of methoxy groups -OCH3 is 1. The highest BCUT2D eigenvalue weighted by molar-refractivity contribution is 7.92. The van der Waals surface area contributed by atoms with E-state index in [0.29, 0.717) is 36.4 Å². The van der Waals surface area contributed by atoms with E-state index in [-0.39, 0.29) is 16.8 Å². The number of pyridine rings is 1. The van der Waals surface area contributed by atoms with Crippen molar-refractivity contribution in [3.63, 3.8) is 0 Å². The van der Waals surface area contributed by atoms with Crippen LogP contribution in [0.4, 0.5) is 11.4 Å². The number of anilines is 2. The van der Waals surface area contributed by atoms with E-state index in [9.17, 15) is 13.2 Å². The molecule has 3 aromatic carbocycles. The summed E-state index contributed by atoms with van der Waals surface area (Å²) in [5.41, 5.74) is 2.43. The van der Waals surface area contributed by atoms with Gasteiger partial charge >= 0.3 is 0 Å². The molecular formula is C28H28N4O4S. The first-order chi connectivity index (χ1) is 17.9. The number of fused-ring (bicyclic) bond motifs is 1. The summed E-state index contributed by atoms with van der Waals surface area (Å²) in [4.78, 5) is 21.7. The van der Waals surface area contributed by atoms with E-state index in [1.54, 1.807) is 43.6 Å². The summed E-state index contributed by atoms with van der Waals surface area (Å²) in [6.07, 6.45) is 1.62. The molecule has 1 amide bonds. The zero-order valence-corrected chi connectivity index (χ0v) is 21.5. The van der Waals surface area contributed by atoms with Gasteiger partial charge in [0.1, 0.15) is 5.75 Å². The summed E-state index contributed by atoms with van der Waals surface area (Å²) in [7, 11) is -2.21. The second-order valence-electron chi connectivity index (χ2n) is 8.98. The van der Waals surface area contributed by atoms with Gasteiger partial charge in [-0.15, -0.1) is 0 Å². The fourth-order valence-corrected chi connectivity index (χ4v) is 5.77. The van der Waals surface area contributed by atoms with Crippen LogP contribution in [0.2, 0.25) is 0 Å². The first-order valence-corrected chi connectivity index (χ1v) is 13.5. The minimum Gasteiger partial charge on any atom is -0.495 e. The molecule has 9 heteroatoms. The fraction of sp³-hybridized carbons (Fsp3) is 0.214. The Balaban J connectivity index is 1.29. The van der Waals surface area contributed by atoms with Crippen LogP contribution in [0.15, 0.2) is 90.0 Å². The maximum atomic E-state index is 13.3. The lowest BCUT2D eigenvalue weighted by Crippen LogP contribution is -2.54. The molecule has 0 spiro atoms. The molecule has 1 saturated heterocycles. The monoisotopic (exact) mass is 516 g/mol. The lowest BCUT2D eigenvalue weighted by Gasteiger charge is -2.41. The van der Waals surface area contributed by atoms with E-state index in [2.05, 4.69) is 14.6 Å². The van der Waals surface area contributed by atoms with Crippen LogP contribution >= 0.6 is 0 Å². The summed E-state index contributed by atoms with van der Waals surface area (Å²) in [5.74, 6) is 0.682. The van der Waals surface area contributed by atoms with Gasteiger partial charge in [0.15, 0.2) is 0 Å². The van der Waals surface area contributed by atoms with Crippen molar-refractivity contribution < 1.29 is 17.9 Å². The van der Waals surface area contributed by atoms with Crippen molar-refractivity contribution in [2.75, 3.05) is 36.4 Å². The predicted molar refractivity (Wildman–Crippen MR) is 145 cm³/mol. The van der Waals surface area contributed by atoms with Crippen molar-refractivity contribution in [3.8, 4) is 5.75 Å². The number of sulfonamides is 1. The lowest BCUT2D eigenvalue weighted by molar-refractivity contribution is 0.0674. The van der Waals surface area contributed by atoms with Crippen molar-refractivity contribution in [1.82, 2.24) is 9.88 Å². The number of rotatable bonds is 6. The molecule has 1 fully saturated rings. The zero-order valence-electron chi connectivity index (χ0n) is 20.7. The summed E-state index contributed by atoms with van der Waals surface area (Å²) in [5, 5.41) is 0.837. The van der Waals surface area contributed by atoms with Crippen LogP contribution in [-0.2, 0) is 10.0 Å². The molecule has 0 aliphatic carbocycles. The summed E-state index contributed by atoms with van der Waals surface area (Å²) < 4.78 is 34.2. The minimum absolute atomic E-state index is 0.0323. The third-order valence-corrected chi connectivity index (χ3v) is 7.98. The van der Waals surface area contributed by atoms with Gasteiger partial charge in [-0.25, -0.2) is 8.42 Å². The normalized spacial score (nSPS) is 16.0. The van der Waals surface area contributed by atoms with Crippen molar-refractivity contribution in [2.24, 2.45) is 0 Å². The van der Waals surface area contributed by atoms with Crippen molar-refractivity contribution in [2.45, 2.75) is 17.9 Å². The smallest absolute Gasteiger partial charge is 0.261 e. The Morgan fingerprint density at radius 3 is 2.49 bits per heavy atom. The van der Waals surface area contributed by atoms with Crippen LogP contribution in [0.1, 0.15) is 17.3 Å². The highest BCUT2D eigenvalue weighted by atomic mass is 32.2. The molecule has 4 aromatic rings. The largest absolute Gasteiger partial charge is 0.495 e. The van der Waals surface area contributed by atoms with Crippen LogP contribution < -0.4 is 14.4 Å². The Kier molecular flexibility index (Phi) is 6.71. The van der Waals surface area contributed by atoms with Crippen LogP contribution in [0.3, 0.4) is 0 Å². The van der Waals surface area contributed by atoms with Gasteiger partial charge in [0.2, 0.25) is 0 Å². The number of benzene rings is 3. The number of para-hydroxylation sites is 3. The Morgan fingerprint density at radius 1 is 0.973 bits per heavy atom. The van der Waals surface area contributed by atoms with Crippen LogP contribution in [0, 0.1) is 0 Å². The first kappa shape index (κ1) is 24.6. The fourth-order valence-electron chi connectivity index (χ4n) is 4.70. The van der Waals surface area contributed by atoms with Crippen LogP contribution in [-0.4, -0.2) is 57.0 Å². The topological polar surface area (TPSA) is 91.8 Å². The Labute approximate surface area is 216 Å².